The molecule has 1 amide bonds. The fraction of sp³-hybridized carbons (Fsp3) is 0.800. The second kappa shape index (κ2) is 4.18. The quantitative estimate of drug-likeness (QED) is 0.702. The number of rotatable bonds is 3. The molecule has 0 aromatic heterocycles. The van der Waals surface area contributed by atoms with Gasteiger partial charge in [-0.2, -0.15) is 0 Å². The van der Waals surface area contributed by atoms with Crippen LogP contribution in [0.3, 0.4) is 0 Å². The standard InChI is InChI=1S/C10H18N2O3/c1-7(11)6-8(13)12-5-3-4-10(12,2)9(14)15/h7H,3-6,11H2,1-2H3,(H,14,15). The van der Waals surface area contributed by atoms with E-state index >= 15 is 0 Å². The molecule has 0 aromatic carbocycles. The summed E-state index contributed by atoms with van der Waals surface area (Å²) in [6, 6.07) is -0.226. The number of carboxylic acid groups (broad SMARTS) is 1. The zero-order valence-corrected chi connectivity index (χ0v) is 9.19. The van der Waals surface area contributed by atoms with Crippen molar-refractivity contribution in [1.82, 2.24) is 4.90 Å². The van der Waals surface area contributed by atoms with Gasteiger partial charge in [0.05, 0.1) is 0 Å². The molecule has 1 saturated heterocycles. The van der Waals surface area contributed by atoms with Crippen molar-refractivity contribution in [3.63, 3.8) is 0 Å². The Balaban J connectivity index is 2.76. The normalized spacial score (nSPS) is 27.8. The van der Waals surface area contributed by atoms with E-state index < -0.39 is 11.5 Å². The molecule has 1 aliphatic rings. The second-order valence-electron chi connectivity index (χ2n) is 4.41. The van der Waals surface area contributed by atoms with E-state index in [2.05, 4.69) is 0 Å². The first-order chi connectivity index (χ1) is 6.88. The molecule has 2 unspecified atom stereocenters. The van der Waals surface area contributed by atoms with Gasteiger partial charge in [-0.15, -0.1) is 0 Å². The SMILES string of the molecule is CC(N)CC(=O)N1CCCC1(C)C(=O)O. The highest BCUT2D eigenvalue weighted by Gasteiger charge is 2.45. The number of hydrogen-bond acceptors (Lipinski definition) is 3. The predicted octanol–water partition coefficient (Wildman–Crippen LogP) is 0.189. The summed E-state index contributed by atoms with van der Waals surface area (Å²) in [4.78, 5) is 24.3. The van der Waals surface area contributed by atoms with E-state index in [1.807, 2.05) is 0 Å². The Labute approximate surface area is 89.2 Å². The Kier molecular flexibility index (Phi) is 3.34. The van der Waals surface area contributed by atoms with Gasteiger partial charge in [0.15, 0.2) is 0 Å². The summed E-state index contributed by atoms with van der Waals surface area (Å²) in [5.74, 6) is -1.09. The van der Waals surface area contributed by atoms with Crippen LogP contribution in [0.4, 0.5) is 0 Å². The van der Waals surface area contributed by atoms with Crippen molar-refractivity contribution < 1.29 is 14.7 Å². The number of carboxylic acids is 1. The van der Waals surface area contributed by atoms with Gasteiger partial charge in [0.25, 0.3) is 0 Å². The zero-order valence-electron chi connectivity index (χ0n) is 9.19. The first-order valence-corrected chi connectivity index (χ1v) is 5.17. The largest absolute Gasteiger partial charge is 0.480 e. The van der Waals surface area contributed by atoms with Gasteiger partial charge >= 0.3 is 5.97 Å². The highest BCUT2D eigenvalue weighted by atomic mass is 16.4. The maximum Gasteiger partial charge on any atom is 0.329 e. The molecule has 5 heteroatoms. The molecule has 0 spiro atoms. The molecule has 86 valence electrons. The van der Waals surface area contributed by atoms with E-state index in [1.54, 1.807) is 13.8 Å². The Bertz CT molecular complexity index is 278. The van der Waals surface area contributed by atoms with Crippen molar-refractivity contribution in [2.24, 2.45) is 5.73 Å². The minimum absolute atomic E-state index is 0.160. The van der Waals surface area contributed by atoms with Crippen LogP contribution in [0.5, 0.6) is 0 Å². The van der Waals surface area contributed by atoms with Crippen LogP contribution in [0.1, 0.15) is 33.1 Å². The highest BCUT2D eigenvalue weighted by Crippen LogP contribution is 2.29. The summed E-state index contributed by atoms with van der Waals surface area (Å²) >= 11 is 0. The van der Waals surface area contributed by atoms with E-state index in [-0.39, 0.29) is 18.4 Å². The van der Waals surface area contributed by atoms with Crippen molar-refractivity contribution in [3.05, 3.63) is 0 Å². The Morgan fingerprint density at radius 3 is 2.67 bits per heavy atom. The highest BCUT2D eigenvalue weighted by molar-refractivity contribution is 5.87. The monoisotopic (exact) mass is 214 g/mol. The number of nitrogens with zero attached hydrogens (tertiary/aromatic N) is 1. The third-order valence-electron chi connectivity index (χ3n) is 2.90. The van der Waals surface area contributed by atoms with Crippen molar-refractivity contribution in [3.8, 4) is 0 Å². The first kappa shape index (κ1) is 12.0. The van der Waals surface area contributed by atoms with E-state index in [9.17, 15) is 9.59 Å². The summed E-state index contributed by atoms with van der Waals surface area (Å²) in [6.45, 7) is 3.86. The number of nitrogens with two attached hydrogens (primary N) is 1. The number of carbonyl (C=O) groups excluding carboxylic acids is 1. The fourth-order valence-electron chi connectivity index (χ4n) is 1.97. The third-order valence-corrected chi connectivity index (χ3v) is 2.90. The molecule has 1 fully saturated rings. The summed E-state index contributed by atoms with van der Waals surface area (Å²) in [5.41, 5.74) is 4.49. The predicted molar refractivity (Wildman–Crippen MR) is 55.3 cm³/mol. The molecular weight excluding hydrogens is 196 g/mol. The molecule has 15 heavy (non-hydrogen) atoms. The molecule has 0 bridgehead atoms. The first-order valence-electron chi connectivity index (χ1n) is 5.17. The number of hydrogen-bond donors (Lipinski definition) is 2. The molecular formula is C10H18N2O3. The summed E-state index contributed by atoms with van der Waals surface area (Å²) in [5, 5.41) is 9.10. The van der Waals surface area contributed by atoms with Gasteiger partial charge in [-0.25, -0.2) is 4.79 Å². The van der Waals surface area contributed by atoms with E-state index in [4.69, 9.17) is 10.8 Å². The van der Waals surface area contributed by atoms with E-state index in [0.717, 1.165) is 6.42 Å². The topological polar surface area (TPSA) is 83.6 Å². The average Bonchev–Trinajstić information content (AvgIpc) is 2.47. The lowest BCUT2D eigenvalue weighted by atomic mass is 9.99. The molecule has 1 heterocycles. The summed E-state index contributed by atoms with van der Waals surface area (Å²) in [6.07, 6.45) is 1.48. The van der Waals surface area contributed by atoms with Crippen LogP contribution < -0.4 is 5.73 Å². The van der Waals surface area contributed by atoms with Gasteiger partial charge in [-0.1, -0.05) is 0 Å². The Morgan fingerprint density at radius 1 is 1.60 bits per heavy atom. The van der Waals surface area contributed by atoms with Gasteiger partial charge in [0, 0.05) is 19.0 Å². The van der Waals surface area contributed by atoms with Crippen LogP contribution in [-0.4, -0.2) is 40.0 Å². The van der Waals surface area contributed by atoms with Gasteiger partial charge in [-0.3, -0.25) is 4.79 Å². The minimum Gasteiger partial charge on any atom is -0.480 e. The molecule has 1 rings (SSSR count). The Morgan fingerprint density at radius 2 is 2.20 bits per heavy atom. The van der Waals surface area contributed by atoms with Crippen LogP contribution in [0.15, 0.2) is 0 Å². The van der Waals surface area contributed by atoms with Gasteiger partial charge in [0.1, 0.15) is 5.54 Å². The molecule has 0 aliphatic carbocycles. The van der Waals surface area contributed by atoms with Gasteiger partial charge in [0.2, 0.25) is 5.91 Å². The molecule has 1 aliphatic heterocycles. The van der Waals surface area contributed by atoms with Crippen LogP contribution in [0, 0.1) is 0 Å². The number of amides is 1. The number of carbonyl (C=O) groups is 2. The average molecular weight is 214 g/mol. The lowest BCUT2D eigenvalue weighted by Crippen LogP contribution is -2.51. The molecule has 5 nitrogen and oxygen atoms in total. The maximum atomic E-state index is 11.8. The molecule has 0 saturated carbocycles. The number of likely N-dealkylation sites (tertiary alicyclic amines) is 1. The molecule has 3 N–H and O–H groups in total. The molecule has 0 radical (unpaired) electrons. The lowest BCUT2D eigenvalue weighted by molar-refractivity contribution is -0.155. The van der Waals surface area contributed by atoms with Crippen molar-refractivity contribution in [2.45, 2.75) is 44.7 Å². The van der Waals surface area contributed by atoms with Crippen LogP contribution in [0.2, 0.25) is 0 Å². The van der Waals surface area contributed by atoms with Crippen molar-refractivity contribution in [2.75, 3.05) is 6.54 Å². The maximum absolute atomic E-state index is 11.8. The Hall–Kier alpha value is -1.10. The van der Waals surface area contributed by atoms with Crippen molar-refractivity contribution in [1.29, 1.82) is 0 Å². The number of aliphatic carboxylic acids is 1. The van der Waals surface area contributed by atoms with E-state index in [1.165, 1.54) is 4.90 Å². The zero-order chi connectivity index (χ0) is 11.6. The van der Waals surface area contributed by atoms with Gasteiger partial charge < -0.3 is 15.7 Å². The summed E-state index contributed by atoms with van der Waals surface area (Å²) < 4.78 is 0. The smallest absolute Gasteiger partial charge is 0.329 e. The fourth-order valence-corrected chi connectivity index (χ4v) is 1.97. The second-order valence-corrected chi connectivity index (χ2v) is 4.41. The van der Waals surface area contributed by atoms with Crippen LogP contribution >= 0.6 is 0 Å². The van der Waals surface area contributed by atoms with Crippen molar-refractivity contribution >= 4 is 11.9 Å². The molecule has 2 atom stereocenters. The van der Waals surface area contributed by atoms with Gasteiger partial charge in [-0.05, 0) is 26.7 Å². The molecule has 0 aromatic rings. The summed E-state index contributed by atoms with van der Waals surface area (Å²) in [7, 11) is 0. The van der Waals surface area contributed by atoms with Crippen LogP contribution in [0.25, 0.3) is 0 Å². The van der Waals surface area contributed by atoms with Crippen LogP contribution in [-0.2, 0) is 9.59 Å². The minimum atomic E-state index is -1.04. The van der Waals surface area contributed by atoms with E-state index in [0.29, 0.717) is 13.0 Å². The third kappa shape index (κ3) is 2.28. The lowest BCUT2D eigenvalue weighted by Gasteiger charge is -2.31.